The van der Waals surface area contributed by atoms with Crippen LogP contribution in [0.4, 0.5) is 5.69 Å². The Morgan fingerprint density at radius 2 is 1.76 bits per heavy atom. The van der Waals surface area contributed by atoms with E-state index < -0.39 is 0 Å². The lowest BCUT2D eigenvalue weighted by Gasteiger charge is -2.27. The quantitative estimate of drug-likeness (QED) is 0.605. The Kier molecular flexibility index (Phi) is 5.76. The predicted molar refractivity (Wildman–Crippen MR) is 111 cm³/mol. The number of rotatable bonds is 5. The lowest BCUT2D eigenvalue weighted by molar-refractivity contribution is 0.324. The number of hydrogen-bond acceptors (Lipinski definition) is 5. The topological polar surface area (TPSA) is 30.9 Å². The van der Waals surface area contributed by atoms with Gasteiger partial charge in [-0.1, -0.05) is 40.3 Å². The van der Waals surface area contributed by atoms with E-state index in [1.54, 1.807) is 33.1 Å². The first-order chi connectivity index (χ1) is 12.1. The molecule has 0 bridgehead atoms. The Bertz CT molecular complexity index is 775. The number of hydrogen-bond donors (Lipinski definition) is 0. The third-order valence-corrected chi connectivity index (χ3v) is 6.19. The number of anilines is 1. The van der Waals surface area contributed by atoms with E-state index in [-0.39, 0.29) is 5.37 Å². The van der Waals surface area contributed by atoms with Crippen LogP contribution in [-0.2, 0) is 0 Å². The summed E-state index contributed by atoms with van der Waals surface area (Å²) in [7, 11) is 4.83. The molecule has 0 saturated carbocycles. The molecule has 1 unspecified atom stereocenters. The summed E-state index contributed by atoms with van der Waals surface area (Å²) in [4.78, 5) is 3.02. The fourth-order valence-electron chi connectivity index (χ4n) is 2.82. The van der Waals surface area contributed by atoms with Crippen molar-refractivity contribution in [1.29, 1.82) is 0 Å². The monoisotopic (exact) mass is 439 g/mol. The third kappa shape index (κ3) is 3.59. The molecule has 1 heterocycles. The molecular weight excluding hydrogens is 422 g/mol. The SMILES string of the molecule is COc1cc(N2C(=S)CSC2c2cccc(Br)c2)cc(OC)c1OC. The summed E-state index contributed by atoms with van der Waals surface area (Å²) in [5.74, 6) is 2.60. The Morgan fingerprint density at radius 3 is 2.32 bits per heavy atom. The van der Waals surface area contributed by atoms with Gasteiger partial charge in [-0.2, -0.15) is 0 Å². The molecule has 25 heavy (non-hydrogen) atoms. The molecule has 1 atom stereocenters. The molecule has 0 aliphatic carbocycles. The number of thioether (sulfide) groups is 1. The molecule has 2 aromatic carbocycles. The number of halogens is 1. The van der Waals surface area contributed by atoms with Gasteiger partial charge < -0.3 is 19.1 Å². The molecule has 3 rings (SSSR count). The van der Waals surface area contributed by atoms with Gasteiger partial charge in [-0.25, -0.2) is 0 Å². The van der Waals surface area contributed by atoms with E-state index >= 15 is 0 Å². The first-order valence-corrected chi connectivity index (χ1v) is 9.83. The fourth-order valence-corrected chi connectivity index (χ4v) is 4.89. The maximum Gasteiger partial charge on any atom is 0.203 e. The van der Waals surface area contributed by atoms with Crippen LogP contribution in [0.25, 0.3) is 0 Å². The van der Waals surface area contributed by atoms with E-state index in [4.69, 9.17) is 26.4 Å². The van der Waals surface area contributed by atoms with Crippen molar-refractivity contribution in [2.45, 2.75) is 5.37 Å². The lowest BCUT2D eigenvalue weighted by atomic mass is 10.1. The number of nitrogens with zero attached hydrogens (tertiary/aromatic N) is 1. The molecule has 0 N–H and O–H groups in total. The highest BCUT2D eigenvalue weighted by Crippen LogP contribution is 2.47. The molecule has 4 nitrogen and oxygen atoms in total. The highest BCUT2D eigenvalue weighted by atomic mass is 79.9. The van der Waals surface area contributed by atoms with Crippen molar-refractivity contribution in [2.75, 3.05) is 32.0 Å². The summed E-state index contributed by atoms with van der Waals surface area (Å²) in [6.45, 7) is 0. The van der Waals surface area contributed by atoms with E-state index in [9.17, 15) is 0 Å². The molecule has 0 aromatic heterocycles. The molecule has 0 amide bonds. The third-order valence-electron chi connectivity index (χ3n) is 3.93. The molecular formula is C18H18BrNO3S2. The Morgan fingerprint density at radius 1 is 1.08 bits per heavy atom. The first-order valence-electron chi connectivity index (χ1n) is 7.58. The minimum atomic E-state index is 0.104. The van der Waals surface area contributed by atoms with Crippen molar-refractivity contribution in [3.63, 3.8) is 0 Å². The molecule has 132 valence electrons. The van der Waals surface area contributed by atoms with E-state index in [0.29, 0.717) is 17.2 Å². The van der Waals surface area contributed by atoms with Gasteiger partial charge in [-0.3, -0.25) is 0 Å². The minimum absolute atomic E-state index is 0.104. The normalized spacial score (nSPS) is 16.9. The van der Waals surface area contributed by atoms with Crippen LogP contribution in [0, 0.1) is 0 Å². The summed E-state index contributed by atoms with van der Waals surface area (Å²) in [6, 6.07) is 12.2. The molecule has 2 aromatic rings. The van der Waals surface area contributed by atoms with Gasteiger partial charge in [-0.05, 0) is 17.7 Å². The average molecular weight is 440 g/mol. The maximum absolute atomic E-state index is 5.63. The summed E-state index contributed by atoms with van der Waals surface area (Å²) in [5, 5.41) is 0.104. The zero-order valence-corrected chi connectivity index (χ0v) is 17.3. The Labute approximate surface area is 165 Å². The maximum atomic E-state index is 5.63. The van der Waals surface area contributed by atoms with Crippen LogP contribution in [-0.4, -0.2) is 32.1 Å². The second-order valence-electron chi connectivity index (χ2n) is 5.37. The highest BCUT2D eigenvalue weighted by Gasteiger charge is 2.32. The van der Waals surface area contributed by atoms with Crippen LogP contribution in [0.5, 0.6) is 17.2 Å². The zero-order chi connectivity index (χ0) is 18.0. The van der Waals surface area contributed by atoms with Crippen LogP contribution in [0.1, 0.15) is 10.9 Å². The van der Waals surface area contributed by atoms with Gasteiger partial charge >= 0.3 is 0 Å². The van der Waals surface area contributed by atoms with Crippen LogP contribution in [0.3, 0.4) is 0 Å². The van der Waals surface area contributed by atoms with Gasteiger partial charge in [0.15, 0.2) is 11.5 Å². The number of methoxy groups -OCH3 is 3. The van der Waals surface area contributed by atoms with Crippen molar-refractivity contribution >= 4 is 50.6 Å². The van der Waals surface area contributed by atoms with Gasteiger partial charge in [-0.15, -0.1) is 11.8 Å². The van der Waals surface area contributed by atoms with E-state index in [1.165, 1.54) is 5.56 Å². The molecule has 1 aliphatic heterocycles. The second kappa shape index (κ2) is 7.85. The van der Waals surface area contributed by atoms with Gasteiger partial charge in [0.05, 0.1) is 32.0 Å². The van der Waals surface area contributed by atoms with Gasteiger partial charge in [0, 0.05) is 22.4 Å². The fraction of sp³-hybridized carbons (Fsp3) is 0.278. The van der Waals surface area contributed by atoms with Gasteiger partial charge in [0.2, 0.25) is 5.75 Å². The van der Waals surface area contributed by atoms with Crippen molar-refractivity contribution < 1.29 is 14.2 Å². The predicted octanol–water partition coefficient (Wildman–Crippen LogP) is 5.05. The Hall–Kier alpha value is -1.44. The molecule has 7 heteroatoms. The molecule has 1 saturated heterocycles. The summed E-state index contributed by atoms with van der Waals surface area (Å²) in [6.07, 6.45) is 0. The molecule has 1 fully saturated rings. The first kappa shape index (κ1) is 18.4. The highest BCUT2D eigenvalue weighted by molar-refractivity contribution is 9.10. The largest absolute Gasteiger partial charge is 0.493 e. The van der Waals surface area contributed by atoms with Crippen molar-refractivity contribution in [1.82, 2.24) is 0 Å². The van der Waals surface area contributed by atoms with Gasteiger partial charge in [0.1, 0.15) is 5.37 Å². The summed E-state index contributed by atoms with van der Waals surface area (Å²) in [5.41, 5.74) is 2.11. The van der Waals surface area contributed by atoms with Gasteiger partial charge in [0.25, 0.3) is 0 Å². The smallest absolute Gasteiger partial charge is 0.203 e. The zero-order valence-electron chi connectivity index (χ0n) is 14.1. The number of benzene rings is 2. The van der Waals surface area contributed by atoms with Crippen LogP contribution < -0.4 is 19.1 Å². The summed E-state index contributed by atoms with van der Waals surface area (Å²) >= 11 is 11.0. The number of thiocarbonyl (C=S) groups is 1. The van der Waals surface area contributed by atoms with Crippen molar-refractivity contribution in [3.8, 4) is 17.2 Å². The Balaban J connectivity index is 2.08. The molecule has 1 aliphatic rings. The molecule has 0 spiro atoms. The minimum Gasteiger partial charge on any atom is -0.493 e. The lowest BCUT2D eigenvalue weighted by Crippen LogP contribution is -2.26. The van der Waals surface area contributed by atoms with Crippen LogP contribution in [0.2, 0.25) is 0 Å². The van der Waals surface area contributed by atoms with E-state index in [0.717, 1.165) is 20.9 Å². The number of ether oxygens (including phenoxy) is 3. The summed E-state index contributed by atoms with van der Waals surface area (Å²) < 4.78 is 17.4. The van der Waals surface area contributed by atoms with Crippen LogP contribution >= 0.6 is 39.9 Å². The average Bonchev–Trinajstić information content (AvgIpc) is 3.01. The second-order valence-corrected chi connectivity index (χ2v) is 7.82. The van der Waals surface area contributed by atoms with E-state index in [1.807, 2.05) is 24.3 Å². The van der Waals surface area contributed by atoms with Crippen molar-refractivity contribution in [3.05, 3.63) is 46.4 Å². The standard InChI is InChI=1S/C18H18BrNO3S2/c1-21-14-8-13(9-15(22-2)17(14)23-3)20-16(24)10-25-18(20)11-5-4-6-12(19)7-11/h4-9,18H,10H2,1-3H3. The van der Waals surface area contributed by atoms with E-state index in [2.05, 4.69) is 33.0 Å². The van der Waals surface area contributed by atoms with Crippen molar-refractivity contribution in [2.24, 2.45) is 0 Å². The van der Waals surface area contributed by atoms with Crippen LogP contribution in [0.15, 0.2) is 40.9 Å². The molecule has 0 radical (unpaired) electrons.